The van der Waals surface area contributed by atoms with Crippen molar-refractivity contribution in [2.75, 3.05) is 13.1 Å². The lowest BCUT2D eigenvalue weighted by atomic mass is 9.93. The minimum atomic E-state index is -0.667. The van der Waals surface area contributed by atoms with Gasteiger partial charge in [-0.25, -0.2) is 4.39 Å². The lowest BCUT2D eigenvalue weighted by Gasteiger charge is -2.20. The van der Waals surface area contributed by atoms with Crippen LogP contribution in [0.25, 0.3) is 0 Å². The monoisotopic (exact) mass is 237 g/mol. The fourth-order valence-corrected chi connectivity index (χ4v) is 2.17. The molecule has 1 heterocycles. The van der Waals surface area contributed by atoms with Crippen LogP contribution in [-0.4, -0.2) is 29.0 Å². The van der Waals surface area contributed by atoms with Gasteiger partial charge in [0.25, 0.3) is 5.91 Å². The molecule has 0 saturated carbocycles. The third-order valence-electron chi connectivity index (χ3n) is 3.17. The van der Waals surface area contributed by atoms with Crippen molar-refractivity contribution in [3.8, 4) is 5.75 Å². The second kappa shape index (κ2) is 4.02. The van der Waals surface area contributed by atoms with Gasteiger partial charge >= 0.3 is 0 Å². The van der Waals surface area contributed by atoms with Gasteiger partial charge in [-0.15, -0.1) is 0 Å². The van der Waals surface area contributed by atoms with Crippen LogP contribution in [0, 0.1) is 11.2 Å². The Kier molecular flexibility index (Phi) is 2.81. The second-order valence-corrected chi connectivity index (χ2v) is 5.27. The van der Waals surface area contributed by atoms with Gasteiger partial charge in [-0.05, 0) is 24.0 Å². The molecule has 1 fully saturated rings. The van der Waals surface area contributed by atoms with Crippen LogP contribution in [0.3, 0.4) is 0 Å². The number of amides is 1. The predicted octanol–water partition coefficient (Wildman–Crippen LogP) is 2.40. The maximum absolute atomic E-state index is 13.5. The number of benzene rings is 1. The van der Waals surface area contributed by atoms with E-state index in [1.165, 1.54) is 18.2 Å². The maximum Gasteiger partial charge on any atom is 0.260 e. The smallest absolute Gasteiger partial charge is 0.260 e. The molecule has 17 heavy (non-hydrogen) atoms. The van der Waals surface area contributed by atoms with Crippen LogP contribution in [0.2, 0.25) is 0 Å². The van der Waals surface area contributed by atoms with E-state index in [0.717, 1.165) is 6.42 Å². The third-order valence-corrected chi connectivity index (χ3v) is 3.17. The minimum Gasteiger partial charge on any atom is -0.507 e. The first-order chi connectivity index (χ1) is 7.91. The van der Waals surface area contributed by atoms with E-state index in [9.17, 15) is 14.3 Å². The molecule has 0 aromatic heterocycles. The van der Waals surface area contributed by atoms with Gasteiger partial charge in [0.2, 0.25) is 0 Å². The van der Waals surface area contributed by atoms with Gasteiger partial charge in [-0.3, -0.25) is 4.79 Å². The number of phenolic OH excluding ortho intramolecular Hbond substituents is 1. The molecule has 2 rings (SSSR count). The topological polar surface area (TPSA) is 40.5 Å². The summed E-state index contributed by atoms with van der Waals surface area (Å²) in [5.41, 5.74) is -0.151. The van der Waals surface area contributed by atoms with E-state index in [-0.39, 0.29) is 16.7 Å². The number of carbonyl (C=O) groups is 1. The van der Waals surface area contributed by atoms with Crippen molar-refractivity contribution in [3.63, 3.8) is 0 Å². The fourth-order valence-electron chi connectivity index (χ4n) is 2.17. The lowest BCUT2D eigenvalue weighted by molar-refractivity contribution is 0.0770. The molecule has 1 aliphatic heterocycles. The first-order valence-corrected chi connectivity index (χ1v) is 5.67. The van der Waals surface area contributed by atoms with Gasteiger partial charge in [0, 0.05) is 13.1 Å². The number of rotatable bonds is 1. The maximum atomic E-state index is 13.5. The van der Waals surface area contributed by atoms with E-state index < -0.39 is 11.7 Å². The third kappa shape index (κ3) is 2.25. The molecule has 1 aromatic carbocycles. The summed E-state index contributed by atoms with van der Waals surface area (Å²) in [6.45, 7) is 5.35. The van der Waals surface area contributed by atoms with Crippen molar-refractivity contribution in [3.05, 3.63) is 29.6 Å². The van der Waals surface area contributed by atoms with E-state index in [2.05, 4.69) is 13.8 Å². The van der Waals surface area contributed by atoms with Crippen LogP contribution < -0.4 is 0 Å². The van der Waals surface area contributed by atoms with Crippen molar-refractivity contribution in [2.45, 2.75) is 20.3 Å². The first-order valence-electron chi connectivity index (χ1n) is 5.67. The SMILES string of the molecule is CC1(C)CCN(C(=O)c2c(O)cccc2F)C1. The van der Waals surface area contributed by atoms with Gasteiger partial charge < -0.3 is 10.0 Å². The van der Waals surface area contributed by atoms with Gasteiger partial charge in [-0.2, -0.15) is 0 Å². The molecule has 4 heteroatoms. The standard InChI is InChI=1S/C13H16FNO2/c1-13(2)6-7-15(8-13)12(17)11-9(14)4-3-5-10(11)16/h3-5,16H,6-8H2,1-2H3. The molecular formula is C13H16FNO2. The number of carbonyl (C=O) groups excluding carboxylic acids is 1. The Bertz CT molecular complexity index is 436. The van der Waals surface area contributed by atoms with Crippen molar-refractivity contribution in [2.24, 2.45) is 5.41 Å². The van der Waals surface area contributed by atoms with Crippen molar-refractivity contribution in [1.82, 2.24) is 4.90 Å². The highest BCUT2D eigenvalue weighted by Crippen LogP contribution is 2.31. The van der Waals surface area contributed by atoms with Gasteiger partial charge in [0.1, 0.15) is 17.1 Å². The molecule has 0 radical (unpaired) electrons. The molecule has 1 saturated heterocycles. The summed E-state index contributed by atoms with van der Waals surface area (Å²) in [6, 6.07) is 3.90. The Morgan fingerprint density at radius 2 is 2.18 bits per heavy atom. The number of halogens is 1. The summed E-state index contributed by atoms with van der Waals surface area (Å²) in [5, 5.41) is 9.56. The predicted molar refractivity (Wildman–Crippen MR) is 62.4 cm³/mol. The molecule has 0 spiro atoms. The molecule has 1 aromatic rings. The van der Waals surface area contributed by atoms with Crippen molar-refractivity contribution < 1.29 is 14.3 Å². The molecule has 1 N–H and O–H groups in total. The van der Waals surface area contributed by atoms with Crippen LogP contribution in [0.4, 0.5) is 4.39 Å². The second-order valence-electron chi connectivity index (χ2n) is 5.27. The Balaban J connectivity index is 2.27. The van der Waals surface area contributed by atoms with Crippen molar-refractivity contribution in [1.29, 1.82) is 0 Å². The average molecular weight is 237 g/mol. The Hall–Kier alpha value is -1.58. The highest BCUT2D eigenvalue weighted by Gasteiger charge is 2.34. The number of phenols is 1. The first kappa shape index (κ1) is 11.9. The largest absolute Gasteiger partial charge is 0.507 e. The normalized spacial score (nSPS) is 18.4. The Morgan fingerprint density at radius 3 is 2.71 bits per heavy atom. The van der Waals surface area contributed by atoms with E-state index in [0.29, 0.717) is 13.1 Å². The highest BCUT2D eigenvalue weighted by atomic mass is 19.1. The summed E-state index contributed by atoms with van der Waals surface area (Å²) >= 11 is 0. The minimum absolute atomic E-state index is 0.0660. The number of aromatic hydroxyl groups is 1. The van der Waals surface area contributed by atoms with Crippen LogP contribution in [0.1, 0.15) is 30.6 Å². The summed E-state index contributed by atoms with van der Waals surface area (Å²) in [5.74, 6) is -1.38. The van der Waals surface area contributed by atoms with Crippen LogP contribution in [0.15, 0.2) is 18.2 Å². The zero-order valence-corrected chi connectivity index (χ0v) is 10.0. The van der Waals surface area contributed by atoms with E-state index in [1.807, 2.05) is 0 Å². The zero-order chi connectivity index (χ0) is 12.6. The van der Waals surface area contributed by atoms with Gasteiger partial charge in [0.15, 0.2) is 0 Å². The Morgan fingerprint density at radius 1 is 1.47 bits per heavy atom. The molecule has 0 atom stereocenters. The molecule has 0 aliphatic carbocycles. The van der Waals surface area contributed by atoms with E-state index in [1.54, 1.807) is 4.90 Å². The molecule has 0 unspecified atom stereocenters. The van der Waals surface area contributed by atoms with Crippen molar-refractivity contribution >= 4 is 5.91 Å². The highest BCUT2D eigenvalue weighted by molar-refractivity contribution is 5.97. The lowest BCUT2D eigenvalue weighted by Crippen LogP contribution is -2.30. The summed E-state index contributed by atoms with van der Waals surface area (Å²) < 4.78 is 13.5. The number of nitrogens with zero attached hydrogens (tertiary/aromatic N) is 1. The molecule has 0 bridgehead atoms. The fraction of sp³-hybridized carbons (Fsp3) is 0.462. The summed E-state index contributed by atoms with van der Waals surface area (Å²) in [7, 11) is 0. The molecule has 1 aliphatic rings. The molecule has 92 valence electrons. The number of hydrogen-bond donors (Lipinski definition) is 1. The molecule has 3 nitrogen and oxygen atoms in total. The zero-order valence-electron chi connectivity index (χ0n) is 10.0. The molecule has 1 amide bonds. The quantitative estimate of drug-likeness (QED) is 0.814. The van der Waals surface area contributed by atoms with Gasteiger partial charge in [-0.1, -0.05) is 19.9 Å². The summed E-state index contributed by atoms with van der Waals surface area (Å²) in [4.78, 5) is 13.7. The van der Waals surface area contributed by atoms with Crippen LogP contribution in [-0.2, 0) is 0 Å². The summed E-state index contributed by atoms with van der Waals surface area (Å²) in [6.07, 6.45) is 0.897. The van der Waals surface area contributed by atoms with Gasteiger partial charge in [0.05, 0.1) is 0 Å². The van der Waals surface area contributed by atoms with E-state index in [4.69, 9.17) is 0 Å². The number of likely N-dealkylation sites (tertiary alicyclic amines) is 1. The van der Waals surface area contributed by atoms with Crippen LogP contribution >= 0.6 is 0 Å². The Labute approximate surface area is 99.9 Å². The average Bonchev–Trinajstić information content (AvgIpc) is 2.58. The number of hydrogen-bond acceptors (Lipinski definition) is 2. The van der Waals surface area contributed by atoms with Crippen LogP contribution in [0.5, 0.6) is 5.75 Å². The molecular weight excluding hydrogens is 221 g/mol. The van der Waals surface area contributed by atoms with E-state index >= 15 is 0 Å².